The van der Waals surface area contributed by atoms with Crippen molar-refractivity contribution in [3.05, 3.63) is 0 Å². The second-order valence-corrected chi connectivity index (χ2v) is 6.55. The molecule has 21 heavy (non-hydrogen) atoms. The fraction of sp³-hybridized carbons (Fsp3) is 0.941. The maximum Gasteiger partial charge on any atom is 0.237 e. The highest BCUT2D eigenvalue weighted by Crippen LogP contribution is 2.24. The summed E-state index contributed by atoms with van der Waals surface area (Å²) in [6.45, 7) is 7.95. The molecule has 1 fully saturated rings. The quantitative estimate of drug-likeness (QED) is 0.688. The minimum atomic E-state index is -0.0426. The summed E-state index contributed by atoms with van der Waals surface area (Å²) in [4.78, 5) is 14.9. The maximum absolute atomic E-state index is 12.5. The lowest BCUT2D eigenvalue weighted by Gasteiger charge is -2.38. The second kappa shape index (κ2) is 10.2. The minimum Gasteiger partial charge on any atom is -0.352 e. The lowest BCUT2D eigenvalue weighted by molar-refractivity contribution is -0.127. The number of amides is 1. The fourth-order valence-corrected chi connectivity index (χ4v) is 3.40. The summed E-state index contributed by atoms with van der Waals surface area (Å²) < 4.78 is 0. The first kappa shape index (κ1) is 18.4. The van der Waals surface area contributed by atoms with Gasteiger partial charge >= 0.3 is 0 Å². The molecule has 0 aliphatic heterocycles. The van der Waals surface area contributed by atoms with Gasteiger partial charge in [-0.2, -0.15) is 0 Å². The van der Waals surface area contributed by atoms with E-state index in [-0.39, 0.29) is 18.0 Å². The molecular formula is C17H35N3O. The molecule has 2 atom stereocenters. The van der Waals surface area contributed by atoms with Crippen LogP contribution in [0.25, 0.3) is 0 Å². The molecule has 0 radical (unpaired) electrons. The molecule has 0 saturated heterocycles. The van der Waals surface area contributed by atoms with Gasteiger partial charge in [0.15, 0.2) is 0 Å². The van der Waals surface area contributed by atoms with Crippen LogP contribution in [-0.4, -0.2) is 42.0 Å². The third-order valence-electron chi connectivity index (χ3n) is 4.65. The Labute approximate surface area is 130 Å². The monoisotopic (exact) mass is 297 g/mol. The first-order valence-corrected chi connectivity index (χ1v) is 8.86. The van der Waals surface area contributed by atoms with Gasteiger partial charge in [0, 0.05) is 18.6 Å². The summed E-state index contributed by atoms with van der Waals surface area (Å²) in [5.41, 5.74) is 5.68. The molecule has 1 rings (SSSR count). The van der Waals surface area contributed by atoms with Gasteiger partial charge in [0.1, 0.15) is 0 Å². The first-order chi connectivity index (χ1) is 10.1. The normalized spacial score (nSPS) is 19.5. The first-order valence-electron chi connectivity index (χ1n) is 8.86. The van der Waals surface area contributed by atoms with Gasteiger partial charge in [0.05, 0.1) is 6.04 Å². The molecule has 2 unspecified atom stereocenters. The number of hydrogen-bond donors (Lipinski definition) is 2. The molecule has 1 aliphatic carbocycles. The molecule has 3 N–H and O–H groups in total. The maximum atomic E-state index is 12.5. The molecular weight excluding hydrogens is 262 g/mol. The number of nitrogens with zero attached hydrogens (tertiary/aromatic N) is 1. The van der Waals surface area contributed by atoms with Crippen molar-refractivity contribution in [2.75, 3.05) is 13.1 Å². The highest BCUT2D eigenvalue weighted by atomic mass is 16.2. The summed E-state index contributed by atoms with van der Waals surface area (Å²) in [6, 6.07) is 0.791. The number of hydrogen-bond acceptors (Lipinski definition) is 3. The highest BCUT2D eigenvalue weighted by Gasteiger charge is 2.29. The second-order valence-electron chi connectivity index (χ2n) is 6.55. The van der Waals surface area contributed by atoms with Crippen LogP contribution < -0.4 is 11.1 Å². The molecule has 0 bridgehead atoms. The van der Waals surface area contributed by atoms with Crippen molar-refractivity contribution in [1.29, 1.82) is 0 Å². The van der Waals surface area contributed by atoms with Gasteiger partial charge in [-0.05, 0) is 46.1 Å². The average Bonchev–Trinajstić information content (AvgIpc) is 2.48. The Kier molecular flexibility index (Phi) is 8.93. The Morgan fingerprint density at radius 1 is 1.29 bits per heavy atom. The molecule has 0 aromatic rings. The molecule has 1 amide bonds. The molecule has 1 saturated carbocycles. The van der Waals surface area contributed by atoms with E-state index >= 15 is 0 Å². The SMILES string of the molecule is CCCC(C)NC(=O)C(C)N(CCCN)C1CCCCC1. The predicted octanol–water partition coefficient (Wildman–Crippen LogP) is 2.66. The van der Waals surface area contributed by atoms with Crippen LogP contribution >= 0.6 is 0 Å². The topological polar surface area (TPSA) is 58.4 Å². The van der Waals surface area contributed by atoms with Gasteiger partial charge in [-0.15, -0.1) is 0 Å². The molecule has 4 nitrogen and oxygen atoms in total. The number of nitrogens with one attached hydrogen (secondary N) is 1. The van der Waals surface area contributed by atoms with E-state index < -0.39 is 0 Å². The summed E-state index contributed by atoms with van der Waals surface area (Å²) in [5, 5.41) is 3.16. The Balaban J connectivity index is 2.60. The van der Waals surface area contributed by atoms with E-state index in [1.54, 1.807) is 0 Å². The van der Waals surface area contributed by atoms with Crippen molar-refractivity contribution < 1.29 is 4.79 Å². The van der Waals surface area contributed by atoms with Gasteiger partial charge in [0.25, 0.3) is 0 Å². The van der Waals surface area contributed by atoms with Crippen molar-refractivity contribution in [2.45, 2.75) is 90.3 Å². The lowest BCUT2D eigenvalue weighted by atomic mass is 9.93. The van der Waals surface area contributed by atoms with E-state index in [9.17, 15) is 4.79 Å². The van der Waals surface area contributed by atoms with E-state index in [4.69, 9.17) is 5.73 Å². The van der Waals surface area contributed by atoms with Gasteiger partial charge in [-0.3, -0.25) is 9.69 Å². The Morgan fingerprint density at radius 3 is 2.52 bits per heavy atom. The van der Waals surface area contributed by atoms with Crippen LogP contribution in [0.15, 0.2) is 0 Å². The molecule has 0 heterocycles. The van der Waals surface area contributed by atoms with Gasteiger partial charge in [0.2, 0.25) is 5.91 Å². The van der Waals surface area contributed by atoms with Crippen LogP contribution in [0.1, 0.15) is 72.1 Å². The molecule has 4 heteroatoms. The number of carbonyl (C=O) groups excluding carboxylic acids is 1. The van der Waals surface area contributed by atoms with E-state index in [1.165, 1.54) is 32.1 Å². The number of rotatable bonds is 9. The Bertz CT molecular complexity index is 290. The summed E-state index contributed by atoms with van der Waals surface area (Å²) in [5.74, 6) is 0.179. The van der Waals surface area contributed by atoms with E-state index in [2.05, 4.69) is 31.0 Å². The molecule has 0 aromatic carbocycles. The van der Waals surface area contributed by atoms with Crippen LogP contribution in [0.2, 0.25) is 0 Å². The zero-order chi connectivity index (χ0) is 15.7. The van der Waals surface area contributed by atoms with Crippen molar-refractivity contribution in [2.24, 2.45) is 5.73 Å². The fourth-order valence-electron chi connectivity index (χ4n) is 3.40. The van der Waals surface area contributed by atoms with Crippen molar-refractivity contribution in [3.8, 4) is 0 Å². The van der Waals surface area contributed by atoms with Crippen LogP contribution in [0.5, 0.6) is 0 Å². The largest absolute Gasteiger partial charge is 0.352 e. The Morgan fingerprint density at radius 2 is 1.95 bits per heavy atom. The van der Waals surface area contributed by atoms with E-state index in [0.717, 1.165) is 25.8 Å². The van der Waals surface area contributed by atoms with Crippen molar-refractivity contribution in [1.82, 2.24) is 10.2 Å². The number of nitrogens with two attached hydrogens (primary N) is 1. The highest BCUT2D eigenvalue weighted by molar-refractivity contribution is 5.81. The predicted molar refractivity (Wildman–Crippen MR) is 89.2 cm³/mol. The van der Waals surface area contributed by atoms with Crippen LogP contribution in [-0.2, 0) is 4.79 Å². The average molecular weight is 297 g/mol. The van der Waals surface area contributed by atoms with Gasteiger partial charge in [-0.25, -0.2) is 0 Å². The van der Waals surface area contributed by atoms with E-state index in [1.807, 2.05) is 0 Å². The Hall–Kier alpha value is -0.610. The van der Waals surface area contributed by atoms with E-state index in [0.29, 0.717) is 12.6 Å². The lowest BCUT2D eigenvalue weighted by Crippen LogP contribution is -2.52. The van der Waals surface area contributed by atoms with Crippen molar-refractivity contribution in [3.63, 3.8) is 0 Å². The van der Waals surface area contributed by atoms with Gasteiger partial charge in [-0.1, -0.05) is 32.6 Å². The van der Waals surface area contributed by atoms with Crippen LogP contribution in [0, 0.1) is 0 Å². The molecule has 0 aromatic heterocycles. The summed E-state index contributed by atoms with van der Waals surface area (Å²) in [6.07, 6.45) is 9.52. The minimum absolute atomic E-state index is 0.0426. The summed E-state index contributed by atoms with van der Waals surface area (Å²) >= 11 is 0. The number of carbonyl (C=O) groups is 1. The zero-order valence-electron chi connectivity index (χ0n) is 14.2. The van der Waals surface area contributed by atoms with Crippen molar-refractivity contribution >= 4 is 5.91 Å². The standard InChI is InChI=1S/C17H35N3O/c1-4-9-14(2)19-17(21)15(3)20(13-8-12-18)16-10-6-5-7-11-16/h14-16H,4-13,18H2,1-3H3,(H,19,21). The summed E-state index contributed by atoms with van der Waals surface area (Å²) in [7, 11) is 0. The molecule has 0 spiro atoms. The van der Waals surface area contributed by atoms with Crippen LogP contribution in [0.4, 0.5) is 0 Å². The zero-order valence-corrected chi connectivity index (χ0v) is 14.2. The van der Waals surface area contributed by atoms with Crippen LogP contribution in [0.3, 0.4) is 0 Å². The molecule has 124 valence electrons. The smallest absolute Gasteiger partial charge is 0.237 e. The third kappa shape index (κ3) is 6.35. The third-order valence-corrected chi connectivity index (χ3v) is 4.65. The van der Waals surface area contributed by atoms with Gasteiger partial charge < -0.3 is 11.1 Å². The molecule has 1 aliphatic rings.